The van der Waals surface area contributed by atoms with Crippen LogP contribution in [0.5, 0.6) is 0 Å². The molecule has 0 N–H and O–H groups in total. The van der Waals surface area contributed by atoms with Gasteiger partial charge in [-0.25, -0.2) is 0 Å². The fraction of sp³-hybridized carbons (Fsp3) is 0. The molecular formula is C7H5ClNP. The topological polar surface area (TPSA) is 23.8 Å². The highest BCUT2D eigenvalue weighted by Crippen LogP contribution is 2.12. The zero-order valence-electron chi connectivity index (χ0n) is 5.13. The molecule has 3 heteroatoms. The van der Waals surface area contributed by atoms with Gasteiger partial charge in [-0.3, -0.25) is 0 Å². The lowest BCUT2D eigenvalue weighted by molar-refractivity contribution is 1.49. The van der Waals surface area contributed by atoms with E-state index in [0.29, 0.717) is 10.6 Å². The van der Waals surface area contributed by atoms with Crippen molar-refractivity contribution < 1.29 is 0 Å². The predicted octanol–water partition coefficient (Wildman–Crippen LogP) is 1.71. The standard InChI is InChI=1S/C7H5ClNP/c8-7-3-6(10)2-1-5(7)4-9/h1-3H,10H2. The minimum atomic E-state index is 0.509. The average molecular weight is 170 g/mol. The first kappa shape index (κ1) is 7.54. The monoisotopic (exact) mass is 169 g/mol. The number of hydrogen-bond donors (Lipinski definition) is 0. The van der Waals surface area contributed by atoms with Crippen molar-refractivity contribution in [2.75, 3.05) is 0 Å². The first-order chi connectivity index (χ1) is 4.74. The van der Waals surface area contributed by atoms with Gasteiger partial charge in [-0.05, 0) is 17.4 Å². The van der Waals surface area contributed by atoms with Crippen LogP contribution in [0.2, 0.25) is 5.02 Å². The summed E-state index contributed by atoms with van der Waals surface area (Å²) in [4.78, 5) is 0. The fourth-order valence-corrected chi connectivity index (χ4v) is 1.22. The number of halogens is 1. The van der Waals surface area contributed by atoms with Crippen molar-refractivity contribution in [3.63, 3.8) is 0 Å². The van der Waals surface area contributed by atoms with E-state index in [1.54, 1.807) is 12.1 Å². The lowest BCUT2D eigenvalue weighted by Gasteiger charge is -1.94. The maximum absolute atomic E-state index is 8.47. The van der Waals surface area contributed by atoms with Crippen molar-refractivity contribution in [3.05, 3.63) is 28.8 Å². The predicted molar refractivity (Wildman–Crippen MR) is 45.5 cm³/mol. The summed E-state index contributed by atoms with van der Waals surface area (Å²) in [6, 6.07) is 7.25. The molecule has 1 aromatic carbocycles. The van der Waals surface area contributed by atoms with Crippen LogP contribution >= 0.6 is 20.8 Å². The fourth-order valence-electron chi connectivity index (χ4n) is 0.622. The molecule has 1 nitrogen and oxygen atoms in total. The summed E-state index contributed by atoms with van der Waals surface area (Å²) >= 11 is 5.69. The van der Waals surface area contributed by atoms with Gasteiger partial charge in [0.2, 0.25) is 0 Å². The van der Waals surface area contributed by atoms with E-state index in [9.17, 15) is 0 Å². The Hall–Kier alpha value is -0.570. The van der Waals surface area contributed by atoms with Gasteiger partial charge in [0.05, 0.1) is 10.6 Å². The highest BCUT2D eigenvalue weighted by atomic mass is 35.5. The van der Waals surface area contributed by atoms with E-state index in [0.717, 1.165) is 5.30 Å². The van der Waals surface area contributed by atoms with E-state index in [1.807, 2.05) is 12.1 Å². The van der Waals surface area contributed by atoms with Crippen molar-refractivity contribution in [1.29, 1.82) is 5.26 Å². The summed E-state index contributed by atoms with van der Waals surface area (Å²) < 4.78 is 0. The molecule has 0 heterocycles. The van der Waals surface area contributed by atoms with Crippen LogP contribution in [-0.4, -0.2) is 0 Å². The maximum atomic E-state index is 8.47. The van der Waals surface area contributed by atoms with E-state index in [4.69, 9.17) is 16.9 Å². The Labute approximate surface area is 66.8 Å². The maximum Gasteiger partial charge on any atom is 0.101 e. The quantitative estimate of drug-likeness (QED) is 0.543. The van der Waals surface area contributed by atoms with Gasteiger partial charge in [0, 0.05) is 0 Å². The molecular weight excluding hydrogens is 165 g/mol. The van der Waals surface area contributed by atoms with Crippen LogP contribution < -0.4 is 5.30 Å². The summed E-state index contributed by atoms with van der Waals surface area (Å²) in [6.45, 7) is 0. The molecule has 1 atom stereocenters. The largest absolute Gasteiger partial charge is 0.192 e. The van der Waals surface area contributed by atoms with E-state index in [-0.39, 0.29) is 0 Å². The molecule has 0 aliphatic rings. The van der Waals surface area contributed by atoms with Crippen LogP contribution in [0.1, 0.15) is 5.56 Å². The molecule has 0 saturated carbocycles. The molecule has 0 radical (unpaired) electrons. The summed E-state index contributed by atoms with van der Waals surface area (Å²) in [5, 5.41) is 9.97. The molecule has 10 heavy (non-hydrogen) atoms. The molecule has 0 aromatic heterocycles. The Morgan fingerprint density at radius 2 is 2.20 bits per heavy atom. The molecule has 0 aliphatic heterocycles. The Balaban J connectivity index is 3.23. The number of benzene rings is 1. The molecule has 0 bridgehead atoms. The van der Waals surface area contributed by atoms with Crippen molar-refractivity contribution in [2.24, 2.45) is 0 Å². The zero-order valence-corrected chi connectivity index (χ0v) is 7.05. The molecule has 0 amide bonds. The van der Waals surface area contributed by atoms with Gasteiger partial charge in [0.1, 0.15) is 6.07 Å². The Morgan fingerprint density at radius 1 is 1.50 bits per heavy atom. The van der Waals surface area contributed by atoms with Crippen LogP contribution in [0, 0.1) is 11.3 Å². The normalized spacial score (nSPS) is 8.90. The van der Waals surface area contributed by atoms with Crippen LogP contribution in [0.3, 0.4) is 0 Å². The SMILES string of the molecule is N#Cc1ccc(P)cc1Cl. The van der Waals surface area contributed by atoms with Gasteiger partial charge in [0.15, 0.2) is 0 Å². The second kappa shape index (κ2) is 3.01. The van der Waals surface area contributed by atoms with Gasteiger partial charge in [-0.15, -0.1) is 9.24 Å². The van der Waals surface area contributed by atoms with Crippen LogP contribution in [0.4, 0.5) is 0 Å². The lowest BCUT2D eigenvalue weighted by Crippen LogP contribution is -1.89. The minimum Gasteiger partial charge on any atom is -0.192 e. The van der Waals surface area contributed by atoms with Crippen molar-refractivity contribution in [3.8, 4) is 6.07 Å². The Morgan fingerprint density at radius 3 is 2.70 bits per heavy atom. The summed E-state index contributed by atoms with van der Waals surface area (Å²) in [5.74, 6) is 0. The van der Waals surface area contributed by atoms with E-state index in [1.165, 1.54) is 0 Å². The van der Waals surface area contributed by atoms with Gasteiger partial charge in [0.25, 0.3) is 0 Å². The van der Waals surface area contributed by atoms with Gasteiger partial charge in [-0.2, -0.15) is 5.26 Å². The highest BCUT2D eigenvalue weighted by Gasteiger charge is 1.96. The first-order valence-corrected chi connectivity index (χ1v) is 3.64. The molecule has 0 spiro atoms. The van der Waals surface area contributed by atoms with Crippen LogP contribution in [0.15, 0.2) is 18.2 Å². The number of nitrogens with zero attached hydrogens (tertiary/aromatic N) is 1. The van der Waals surface area contributed by atoms with Crippen molar-refractivity contribution in [1.82, 2.24) is 0 Å². The smallest absolute Gasteiger partial charge is 0.101 e. The number of hydrogen-bond acceptors (Lipinski definition) is 1. The van der Waals surface area contributed by atoms with E-state index in [2.05, 4.69) is 9.24 Å². The summed E-state index contributed by atoms with van der Waals surface area (Å²) in [7, 11) is 2.51. The first-order valence-electron chi connectivity index (χ1n) is 2.69. The average Bonchev–Trinajstić information content (AvgIpc) is 1.88. The van der Waals surface area contributed by atoms with Crippen LogP contribution in [-0.2, 0) is 0 Å². The van der Waals surface area contributed by atoms with Crippen LogP contribution in [0.25, 0.3) is 0 Å². The second-order valence-electron chi connectivity index (χ2n) is 1.85. The molecule has 0 aliphatic carbocycles. The molecule has 0 saturated heterocycles. The number of nitriles is 1. The highest BCUT2D eigenvalue weighted by molar-refractivity contribution is 7.27. The molecule has 1 rings (SSSR count). The summed E-state index contributed by atoms with van der Waals surface area (Å²) in [6.07, 6.45) is 0. The van der Waals surface area contributed by atoms with E-state index < -0.39 is 0 Å². The number of rotatable bonds is 0. The minimum absolute atomic E-state index is 0.509. The van der Waals surface area contributed by atoms with Gasteiger partial charge < -0.3 is 0 Å². The third-order valence-corrected chi connectivity index (χ3v) is 1.79. The Kier molecular flexibility index (Phi) is 2.27. The molecule has 1 aromatic rings. The second-order valence-corrected chi connectivity index (χ2v) is 2.92. The van der Waals surface area contributed by atoms with E-state index >= 15 is 0 Å². The van der Waals surface area contributed by atoms with Crippen molar-refractivity contribution in [2.45, 2.75) is 0 Å². The molecule has 0 fully saturated rings. The van der Waals surface area contributed by atoms with Gasteiger partial charge in [-0.1, -0.05) is 17.7 Å². The Bertz CT molecular complexity index is 290. The third-order valence-electron chi connectivity index (χ3n) is 1.11. The third kappa shape index (κ3) is 1.48. The van der Waals surface area contributed by atoms with Gasteiger partial charge >= 0.3 is 0 Å². The molecule has 50 valence electrons. The zero-order chi connectivity index (χ0) is 7.56. The summed E-state index contributed by atoms with van der Waals surface area (Å²) in [5.41, 5.74) is 0.521. The van der Waals surface area contributed by atoms with Crippen molar-refractivity contribution >= 4 is 26.1 Å². The lowest BCUT2D eigenvalue weighted by atomic mass is 10.2. The molecule has 1 unspecified atom stereocenters.